The van der Waals surface area contributed by atoms with Gasteiger partial charge in [-0.25, -0.2) is 13.2 Å². The zero-order chi connectivity index (χ0) is 17.1. The van der Waals surface area contributed by atoms with Gasteiger partial charge < -0.3 is 10.4 Å². The molecule has 2 rings (SSSR count). The van der Waals surface area contributed by atoms with Crippen molar-refractivity contribution >= 4 is 11.9 Å². The van der Waals surface area contributed by atoms with Crippen LogP contribution in [-0.4, -0.2) is 24.0 Å². The van der Waals surface area contributed by atoms with Crippen molar-refractivity contribution in [3.8, 4) is 11.1 Å². The van der Waals surface area contributed by atoms with E-state index < -0.39 is 35.2 Å². The van der Waals surface area contributed by atoms with Crippen molar-refractivity contribution in [2.45, 2.75) is 5.92 Å². The second-order valence-corrected chi connectivity index (χ2v) is 4.75. The number of rotatable bonds is 4. The summed E-state index contributed by atoms with van der Waals surface area (Å²) in [5.41, 5.74) is 0.135. The molecule has 0 aliphatic carbocycles. The molecule has 0 saturated carbocycles. The van der Waals surface area contributed by atoms with Crippen molar-refractivity contribution in [3.63, 3.8) is 0 Å². The molecule has 2 N–H and O–H groups in total. The SMILES string of the molecule is CNC(=O)C(C(=O)O)c1ccc(-c2ccc(F)c(F)c2)cc1F. The molecular weight excluding hydrogens is 311 g/mol. The van der Waals surface area contributed by atoms with Crippen LogP contribution in [-0.2, 0) is 9.59 Å². The Kier molecular flexibility index (Phi) is 4.68. The summed E-state index contributed by atoms with van der Waals surface area (Å²) in [4.78, 5) is 22.8. The lowest BCUT2D eigenvalue weighted by Gasteiger charge is -2.13. The van der Waals surface area contributed by atoms with Crippen molar-refractivity contribution < 1.29 is 27.9 Å². The van der Waals surface area contributed by atoms with Gasteiger partial charge in [0.1, 0.15) is 5.82 Å². The zero-order valence-electron chi connectivity index (χ0n) is 11.9. The molecule has 0 bridgehead atoms. The number of amides is 1. The Balaban J connectivity index is 2.46. The Labute approximate surface area is 129 Å². The average molecular weight is 323 g/mol. The van der Waals surface area contributed by atoms with E-state index in [4.69, 9.17) is 5.11 Å². The fourth-order valence-electron chi connectivity index (χ4n) is 2.15. The summed E-state index contributed by atoms with van der Waals surface area (Å²) in [6.45, 7) is 0. The van der Waals surface area contributed by atoms with Gasteiger partial charge in [-0.3, -0.25) is 9.59 Å². The maximum Gasteiger partial charge on any atom is 0.320 e. The highest BCUT2D eigenvalue weighted by molar-refractivity contribution is 6.02. The highest BCUT2D eigenvalue weighted by atomic mass is 19.2. The van der Waals surface area contributed by atoms with E-state index in [1.165, 1.54) is 19.2 Å². The van der Waals surface area contributed by atoms with Gasteiger partial charge in [-0.2, -0.15) is 0 Å². The van der Waals surface area contributed by atoms with Crippen molar-refractivity contribution in [2.75, 3.05) is 7.05 Å². The quantitative estimate of drug-likeness (QED) is 0.850. The Morgan fingerprint density at radius 2 is 1.52 bits per heavy atom. The molecule has 120 valence electrons. The lowest BCUT2D eigenvalue weighted by molar-refractivity contribution is -0.143. The summed E-state index contributed by atoms with van der Waals surface area (Å²) < 4.78 is 40.4. The van der Waals surface area contributed by atoms with Gasteiger partial charge in [-0.15, -0.1) is 0 Å². The molecule has 4 nitrogen and oxygen atoms in total. The number of carboxylic acids is 1. The van der Waals surface area contributed by atoms with Crippen molar-refractivity contribution in [1.29, 1.82) is 0 Å². The molecule has 0 radical (unpaired) electrons. The van der Waals surface area contributed by atoms with E-state index in [2.05, 4.69) is 5.32 Å². The number of nitrogens with one attached hydrogen (secondary N) is 1. The van der Waals surface area contributed by atoms with Gasteiger partial charge in [0.15, 0.2) is 17.6 Å². The smallest absolute Gasteiger partial charge is 0.320 e. The first kappa shape index (κ1) is 16.5. The van der Waals surface area contributed by atoms with Gasteiger partial charge in [0.05, 0.1) is 0 Å². The summed E-state index contributed by atoms with van der Waals surface area (Å²) in [5, 5.41) is 11.2. The molecule has 0 fully saturated rings. The summed E-state index contributed by atoms with van der Waals surface area (Å²) in [6, 6.07) is 6.52. The van der Waals surface area contributed by atoms with Crippen LogP contribution in [0.25, 0.3) is 11.1 Å². The predicted octanol–water partition coefficient (Wildman–Crippen LogP) is 2.69. The molecule has 2 aromatic carbocycles. The minimum atomic E-state index is -1.70. The topological polar surface area (TPSA) is 66.4 Å². The van der Waals surface area contributed by atoms with E-state index in [0.29, 0.717) is 0 Å². The highest BCUT2D eigenvalue weighted by Crippen LogP contribution is 2.27. The number of halogens is 3. The first-order valence-corrected chi connectivity index (χ1v) is 6.54. The van der Waals surface area contributed by atoms with E-state index in [9.17, 15) is 22.8 Å². The first-order chi connectivity index (χ1) is 10.8. The van der Waals surface area contributed by atoms with Crippen molar-refractivity contribution in [1.82, 2.24) is 5.32 Å². The van der Waals surface area contributed by atoms with Crippen LogP contribution in [0.15, 0.2) is 36.4 Å². The molecule has 1 unspecified atom stereocenters. The molecule has 2 aromatic rings. The summed E-state index contributed by atoms with van der Waals surface area (Å²) in [6.07, 6.45) is 0. The minimum Gasteiger partial charge on any atom is -0.480 e. The number of carbonyl (C=O) groups is 2. The lowest BCUT2D eigenvalue weighted by Crippen LogP contribution is -2.31. The number of carbonyl (C=O) groups excluding carboxylic acids is 1. The molecule has 1 atom stereocenters. The third kappa shape index (κ3) is 3.33. The van der Waals surface area contributed by atoms with Crippen LogP contribution in [0.5, 0.6) is 0 Å². The summed E-state index contributed by atoms with van der Waals surface area (Å²) in [7, 11) is 1.24. The number of hydrogen-bond donors (Lipinski definition) is 2. The van der Waals surface area contributed by atoms with E-state index in [1.54, 1.807) is 0 Å². The zero-order valence-corrected chi connectivity index (χ0v) is 11.9. The monoisotopic (exact) mass is 323 g/mol. The number of hydrogen-bond acceptors (Lipinski definition) is 2. The molecule has 0 spiro atoms. The van der Waals surface area contributed by atoms with E-state index in [-0.39, 0.29) is 16.7 Å². The van der Waals surface area contributed by atoms with Crippen LogP contribution in [0.1, 0.15) is 11.5 Å². The molecule has 0 aliphatic rings. The standard InChI is InChI=1S/C16H12F3NO3/c1-20-15(21)14(16(22)23)10-4-2-8(6-12(10)18)9-3-5-11(17)13(19)7-9/h2-7,14H,1H3,(H,20,21)(H,22,23). The Hall–Kier alpha value is -2.83. The Morgan fingerprint density at radius 1 is 0.957 bits per heavy atom. The van der Waals surface area contributed by atoms with Crippen LogP contribution in [0.3, 0.4) is 0 Å². The van der Waals surface area contributed by atoms with E-state index in [1.807, 2.05) is 0 Å². The normalized spacial score (nSPS) is 11.8. The fraction of sp³-hybridized carbons (Fsp3) is 0.125. The van der Waals surface area contributed by atoms with Gasteiger partial charge in [0, 0.05) is 12.6 Å². The average Bonchev–Trinajstić information content (AvgIpc) is 2.51. The first-order valence-electron chi connectivity index (χ1n) is 6.54. The molecule has 1 amide bonds. The molecule has 23 heavy (non-hydrogen) atoms. The number of carboxylic acid groups (broad SMARTS) is 1. The van der Waals surface area contributed by atoms with Gasteiger partial charge >= 0.3 is 5.97 Å². The highest BCUT2D eigenvalue weighted by Gasteiger charge is 2.30. The number of aliphatic carboxylic acids is 1. The maximum absolute atomic E-state index is 14.2. The fourth-order valence-corrected chi connectivity index (χ4v) is 2.15. The van der Waals surface area contributed by atoms with Crippen molar-refractivity contribution in [2.24, 2.45) is 0 Å². The van der Waals surface area contributed by atoms with Crippen LogP contribution < -0.4 is 5.32 Å². The van der Waals surface area contributed by atoms with Gasteiger partial charge in [-0.1, -0.05) is 18.2 Å². The summed E-state index contributed by atoms with van der Waals surface area (Å²) in [5.74, 6) is -7.10. The minimum absolute atomic E-state index is 0.223. The van der Waals surface area contributed by atoms with E-state index >= 15 is 0 Å². The second kappa shape index (κ2) is 6.51. The van der Waals surface area contributed by atoms with Crippen LogP contribution in [0, 0.1) is 17.5 Å². The predicted molar refractivity (Wildman–Crippen MR) is 76.2 cm³/mol. The summed E-state index contributed by atoms with van der Waals surface area (Å²) >= 11 is 0. The van der Waals surface area contributed by atoms with E-state index in [0.717, 1.165) is 24.3 Å². The van der Waals surface area contributed by atoms with Crippen LogP contribution in [0.4, 0.5) is 13.2 Å². The maximum atomic E-state index is 14.2. The molecule has 7 heteroatoms. The lowest BCUT2D eigenvalue weighted by atomic mass is 9.94. The third-order valence-electron chi connectivity index (χ3n) is 3.32. The van der Waals surface area contributed by atoms with Gasteiger partial charge in [0.25, 0.3) is 0 Å². The molecule has 0 aromatic heterocycles. The molecule has 0 aliphatic heterocycles. The Bertz CT molecular complexity index is 777. The van der Waals surface area contributed by atoms with Crippen molar-refractivity contribution in [3.05, 3.63) is 59.4 Å². The second-order valence-electron chi connectivity index (χ2n) is 4.75. The third-order valence-corrected chi connectivity index (χ3v) is 3.32. The Morgan fingerprint density at radius 3 is 2.00 bits per heavy atom. The largest absolute Gasteiger partial charge is 0.480 e. The van der Waals surface area contributed by atoms with Gasteiger partial charge in [-0.05, 0) is 29.3 Å². The number of likely N-dealkylation sites (N-methyl/N-ethyl adjacent to an activating group) is 1. The number of benzene rings is 2. The molecular formula is C16H12F3NO3. The molecule has 0 heterocycles. The van der Waals surface area contributed by atoms with Crippen LogP contribution >= 0.6 is 0 Å². The molecule has 0 saturated heterocycles. The van der Waals surface area contributed by atoms with Crippen LogP contribution in [0.2, 0.25) is 0 Å². The van der Waals surface area contributed by atoms with Gasteiger partial charge in [0.2, 0.25) is 5.91 Å².